The first kappa shape index (κ1) is 15.1. The maximum Gasteiger partial charge on any atom is 0.227 e. The summed E-state index contributed by atoms with van der Waals surface area (Å²) in [4.78, 5) is 26.6. The Bertz CT molecular complexity index is 551. The van der Waals surface area contributed by atoms with Crippen LogP contribution in [0, 0.1) is 11.8 Å². The van der Waals surface area contributed by atoms with Crippen LogP contribution in [0.5, 0.6) is 0 Å². The highest BCUT2D eigenvalue weighted by Crippen LogP contribution is 2.41. The summed E-state index contributed by atoms with van der Waals surface area (Å²) >= 11 is 0. The van der Waals surface area contributed by atoms with E-state index in [1.54, 1.807) is 0 Å². The fourth-order valence-electron chi connectivity index (χ4n) is 2.80. The van der Waals surface area contributed by atoms with Gasteiger partial charge in [-0.25, -0.2) is 0 Å². The highest BCUT2D eigenvalue weighted by molar-refractivity contribution is 5.92. The smallest absolute Gasteiger partial charge is 0.227 e. The molecular formula is C18H24N2O2. The lowest BCUT2D eigenvalue weighted by atomic mass is 10.1. The Kier molecular flexibility index (Phi) is 4.19. The van der Waals surface area contributed by atoms with Crippen LogP contribution in [-0.2, 0) is 16.1 Å². The molecule has 22 heavy (non-hydrogen) atoms. The molecule has 1 N–H and O–H groups in total. The van der Waals surface area contributed by atoms with Gasteiger partial charge < -0.3 is 10.2 Å². The van der Waals surface area contributed by atoms with Crippen LogP contribution in [0.25, 0.3) is 0 Å². The normalized spacial score (nSPS) is 23.2. The molecule has 0 aromatic heterocycles. The standard InChI is InChI=1S/C18H24N2O2/c1-12(2)20(11-13-6-4-3-5-7-13)18(22)16-10-15(16)17(21)19-14-8-9-14/h3-7,12,14-16H,8-11H2,1-2H3,(H,19,21). The zero-order valence-corrected chi connectivity index (χ0v) is 13.3. The lowest BCUT2D eigenvalue weighted by Crippen LogP contribution is -2.38. The molecule has 2 aliphatic carbocycles. The maximum absolute atomic E-state index is 12.7. The first-order chi connectivity index (χ1) is 10.6. The number of hydrogen-bond donors (Lipinski definition) is 1. The first-order valence-corrected chi connectivity index (χ1v) is 8.21. The Balaban J connectivity index is 1.60. The van der Waals surface area contributed by atoms with Crippen molar-refractivity contribution in [1.29, 1.82) is 0 Å². The molecule has 0 aliphatic heterocycles. The summed E-state index contributed by atoms with van der Waals surface area (Å²) in [5.41, 5.74) is 1.13. The van der Waals surface area contributed by atoms with Crippen LogP contribution in [0.1, 0.15) is 38.7 Å². The number of hydrogen-bond acceptors (Lipinski definition) is 2. The van der Waals surface area contributed by atoms with E-state index >= 15 is 0 Å². The topological polar surface area (TPSA) is 49.4 Å². The van der Waals surface area contributed by atoms with Gasteiger partial charge in [-0.1, -0.05) is 30.3 Å². The van der Waals surface area contributed by atoms with Crippen LogP contribution >= 0.6 is 0 Å². The lowest BCUT2D eigenvalue weighted by Gasteiger charge is -2.27. The van der Waals surface area contributed by atoms with Crippen molar-refractivity contribution in [2.45, 2.75) is 51.7 Å². The van der Waals surface area contributed by atoms with Crippen molar-refractivity contribution in [2.24, 2.45) is 11.8 Å². The molecule has 0 heterocycles. The first-order valence-electron chi connectivity index (χ1n) is 8.21. The van der Waals surface area contributed by atoms with E-state index in [0.29, 0.717) is 19.0 Å². The van der Waals surface area contributed by atoms with Crippen molar-refractivity contribution in [1.82, 2.24) is 10.2 Å². The number of carbonyl (C=O) groups excluding carboxylic acids is 2. The SMILES string of the molecule is CC(C)N(Cc1ccccc1)C(=O)C1CC1C(=O)NC1CC1. The molecule has 2 amide bonds. The molecule has 4 nitrogen and oxygen atoms in total. The summed E-state index contributed by atoms with van der Waals surface area (Å²) in [6.07, 6.45) is 2.88. The van der Waals surface area contributed by atoms with Crippen molar-refractivity contribution < 1.29 is 9.59 Å². The van der Waals surface area contributed by atoms with E-state index in [1.165, 1.54) is 0 Å². The van der Waals surface area contributed by atoms with Crippen molar-refractivity contribution in [3.8, 4) is 0 Å². The molecule has 0 bridgehead atoms. The minimum Gasteiger partial charge on any atom is -0.353 e. The fraction of sp³-hybridized carbons (Fsp3) is 0.556. The maximum atomic E-state index is 12.7. The number of nitrogens with one attached hydrogen (secondary N) is 1. The second kappa shape index (κ2) is 6.11. The van der Waals surface area contributed by atoms with Crippen molar-refractivity contribution in [3.05, 3.63) is 35.9 Å². The van der Waals surface area contributed by atoms with E-state index in [0.717, 1.165) is 18.4 Å². The van der Waals surface area contributed by atoms with E-state index in [9.17, 15) is 9.59 Å². The van der Waals surface area contributed by atoms with Gasteiger partial charge in [-0.3, -0.25) is 9.59 Å². The van der Waals surface area contributed by atoms with Gasteiger partial charge in [-0.2, -0.15) is 0 Å². The van der Waals surface area contributed by atoms with Crippen molar-refractivity contribution in [2.75, 3.05) is 0 Å². The fourth-order valence-corrected chi connectivity index (χ4v) is 2.80. The van der Waals surface area contributed by atoms with Crippen LogP contribution in [-0.4, -0.2) is 28.8 Å². The molecule has 2 fully saturated rings. The summed E-state index contributed by atoms with van der Waals surface area (Å²) in [5, 5.41) is 3.01. The molecule has 0 spiro atoms. The van der Waals surface area contributed by atoms with Crippen LogP contribution in [0.15, 0.2) is 30.3 Å². The zero-order valence-electron chi connectivity index (χ0n) is 13.3. The molecule has 0 saturated heterocycles. The van der Waals surface area contributed by atoms with Crippen LogP contribution < -0.4 is 5.32 Å². The molecule has 0 radical (unpaired) electrons. The van der Waals surface area contributed by atoms with E-state index in [4.69, 9.17) is 0 Å². The third kappa shape index (κ3) is 3.49. The van der Waals surface area contributed by atoms with Crippen molar-refractivity contribution >= 4 is 11.8 Å². The molecule has 118 valence electrons. The van der Waals surface area contributed by atoms with Gasteiger partial charge in [0.05, 0.1) is 11.8 Å². The zero-order chi connectivity index (χ0) is 15.7. The van der Waals surface area contributed by atoms with Gasteiger partial charge in [0.25, 0.3) is 0 Å². The number of rotatable bonds is 6. The van der Waals surface area contributed by atoms with E-state index in [2.05, 4.69) is 5.32 Å². The molecule has 2 saturated carbocycles. The monoisotopic (exact) mass is 300 g/mol. The molecule has 3 rings (SSSR count). The van der Waals surface area contributed by atoms with E-state index < -0.39 is 0 Å². The lowest BCUT2D eigenvalue weighted by molar-refractivity contribution is -0.136. The summed E-state index contributed by atoms with van der Waals surface area (Å²) in [6.45, 7) is 4.68. The summed E-state index contributed by atoms with van der Waals surface area (Å²) in [5.74, 6) is -0.0333. The number of nitrogens with zero attached hydrogens (tertiary/aromatic N) is 1. The number of carbonyl (C=O) groups is 2. The highest BCUT2D eigenvalue weighted by Gasteiger charge is 2.50. The molecule has 2 atom stereocenters. The van der Waals surface area contributed by atoms with Gasteiger partial charge in [0, 0.05) is 18.6 Å². The molecule has 2 unspecified atom stereocenters. The Morgan fingerprint density at radius 2 is 1.86 bits per heavy atom. The quantitative estimate of drug-likeness (QED) is 0.876. The van der Waals surface area contributed by atoms with E-state index in [-0.39, 0.29) is 29.7 Å². The van der Waals surface area contributed by atoms with Crippen LogP contribution in [0.4, 0.5) is 0 Å². The van der Waals surface area contributed by atoms with E-state index in [1.807, 2.05) is 49.1 Å². The molecule has 4 heteroatoms. The Morgan fingerprint density at radius 1 is 1.18 bits per heavy atom. The number of benzene rings is 1. The third-order valence-corrected chi connectivity index (χ3v) is 4.47. The molecule has 2 aliphatic rings. The predicted molar refractivity (Wildman–Crippen MR) is 84.9 cm³/mol. The minimum atomic E-state index is -0.120. The molecule has 1 aromatic carbocycles. The summed E-state index contributed by atoms with van der Waals surface area (Å²) in [6, 6.07) is 10.5. The predicted octanol–water partition coefficient (Wildman–Crippen LogP) is 2.34. The summed E-state index contributed by atoms with van der Waals surface area (Å²) in [7, 11) is 0. The highest BCUT2D eigenvalue weighted by atomic mass is 16.2. The van der Waals surface area contributed by atoms with Gasteiger partial charge in [-0.05, 0) is 38.7 Å². The molecule has 1 aromatic rings. The van der Waals surface area contributed by atoms with Gasteiger partial charge in [0.15, 0.2) is 0 Å². The average Bonchev–Trinajstić information content (AvgIpc) is 3.37. The largest absolute Gasteiger partial charge is 0.353 e. The Morgan fingerprint density at radius 3 is 2.45 bits per heavy atom. The Labute approximate surface area is 131 Å². The van der Waals surface area contributed by atoms with Gasteiger partial charge in [0.1, 0.15) is 0 Å². The Hall–Kier alpha value is -1.84. The second-order valence-corrected chi connectivity index (χ2v) is 6.78. The third-order valence-electron chi connectivity index (χ3n) is 4.47. The van der Waals surface area contributed by atoms with Crippen LogP contribution in [0.2, 0.25) is 0 Å². The number of amides is 2. The van der Waals surface area contributed by atoms with Gasteiger partial charge in [-0.15, -0.1) is 0 Å². The van der Waals surface area contributed by atoms with Crippen LogP contribution in [0.3, 0.4) is 0 Å². The van der Waals surface area contributed by atoms with Gasteiger partial charge >= 0.3 is 0 Å². The van der Waals surface area contributed by atoms with Crippen molar-refractivity contribution in [3.63, 3.8) is 0 Å². The second-order valence-electron chi connectivity index (χ2n) is 6.78. The minimum absolute atomic E-state index is 0.0734. The van der Waals surface area contributed by atoms with Gasteiger partial charge in [0.2, 0.25) is 11.8 Å². The average molecular weight is 300 g/mol. The summed E-state index contributed by atoms with van der Waals surface area (Å²) < 4.78 is 0. The molecular weight excluding hydrogens is 276 g/mol.